The molecule has 7 heteroatoms. The van der Waals surface area contributed by atoms with Crippen molar-refractivity contribution in [3.05, 3.63) is 95.3 Å². The average Bonchev–Trinajstić information content (AvgIpc) is 2.68. The Labute approximate surface area is 161 Å². The summed E-state index contributed by atoms with van der Waals surface area (Å²) in [5, 5.41) is 0. The molecule has 0 aliphatic carbocycles. The average molecular weight is 396 g/mol. The van der Waals surface area contributed by atoms with Crippen molar-refractivity contribution < 1.29 is 17.8 Å². The number of aromatic nitrogens is 1. The van der Waals surface area contributed by atoms with Gasteiger partial charge in [0, 0.05) is 35.2 Å². The van der Waals surface area contributed by atoms with Gasteiger partial charge in [0.1, 0.15) is 11.6 Å². The van der Waals surface area contributed by atoms with Crippen LogP contribution in [0.25, 0.3) is 0 Å². The van der Waals surface area contributed by atoms with E-state index < -0.39 is 27.3 Å². The number of carbonyl (C=O) groups is 1. The maximum atomic E-state index is 13.6. The van der Waals surface area contributed by atoms with Crippen LogP contribution in [0.3, 0.4) is 0 Å². The molecule has 0 spiro atoms. The minimum atomic E-state index is -2.91. The van der Waals surface area contributed by atoms with Gasteiger partial charge >= 0.3 is 0 Å². The molecule has 4 nitrogen and oxygen atoms in total. The first-order valence-corrected chi connectivity index (χ1v) is 10.0. The number of halogens is 2. The molecule has 0 aliphatic rings. The summed E-state index contributed by atoms with van der Waals surface area (Å²) in [5.41, 5.74) is 0.465. The Morgan fingerprint density at radius 3 is 2.50 bits per heavy atom. The number of rotatable bonds is 2. The molecule has 0 N–H and O–H groups in total. The van der Waals surface area contributed by atoms with Crippen LogP contribution < -0.4 is 0 Å². The lowest BCUT2D eigenvalue weighted by Gasteiger charge is -2.03. The van der Waals surface area contributed by atoms with Crippen LogP contribution in [0.1, 0.15) is 21.5 Å². The highest BCUT2D eigenvalue weighted by molar-refractivity contribution is 7.93. The quantitative estimate of drug-likeness (QED) is 0.614. The Bertz CT molecular complexity index is 1220. The second-order valence-corrected chi connectivity index (χ2v) is 8.11. The standard InChI is InChI=1S/C21H14F2N2O2S/c1-28(27,19-5-3-2-4-6-19)25-21(26)17-11-15(13-24-14-17)7-8-16-9-10-18(22)12-20(16)23/h2-6,9-14H,1H3. The molecule has 28 heavy (non-hydrogen) atoms. The molecule has 0 aliphatic heterocycles. The molecule has 1 amide bonds. The zero-order valence-corrected chi connectivity index (χ0v) is 15.5. The largest absolute Gasteiger partial charge is 0.286 e. The number of nitrogens with zero attached hydrogens (tertiary/aromatic N) is 2. The molecule has 0 fully saturated rings. The summed E-state index contributed by atoms with van der Waals surface area (Å²) in [6, 6.07) is 13.0. The van der Waals surface area contributed by atoms with Crippen molar-refractivity contribution in [1.29, 1.82) is 0 Å². The van der Waals surface area contributed by atoms with Crippen molar-refractivity contribution in [2.45, 2.75) is 4.90 Å². The van der Waals surface area contributed by atoms with Gasteiger partial charge in [-0.25, -0.2) is 13.0 Å². The third-order valence-electron chi connectivity index (χ3n) is 3.70. The van der Waals surface area contributed by atoms with Crippen molar-refractivity contribution in [2.75, 3.05) is 6.26 Å². The maximum absolute atomic E-state index is 13.6. The zero-order valence-electron chi connectivity index (χ0n) is 14.7. The third-order valence-corrected chi connectivity index (χ3v) is 5.36. The molecule has 0 saturated heterocycles. The smallest absolute Gasteiger partial charge is 0.266 e. The van der Waals surface area contributed by atoms with Crippen LogP contribution in [0.5, 0.6) is 0 Å². The Morgan fingerprint density at radius 2 is 1.79 bits per heavy atom. The van der Waals surface area contributed by atoms with Gasteiger partial charge in [0.25, 0.3) is 5.91 Å². The fourth-order valence-electron chi connectivity index (χ4n) is 2.29. The fraction of sp³-hybridized carbons (Fsp3) is 0.0476. The topological polar surface area (TPSA) is 59.4 Å². The number of carbonyl (C=O) groups excluding carboxylic acids is 1. The highest BCUT2D eigenvalue weighted by atomic mass is 32.2. The monoisotopic (exact) mass is 396 g/mol. The number of amides is 1. The second-order valence-electron chi connectivity index (χ2n) is 5.85. The van der Waals surface area contributed by atoms with Crippen molar-refractivity contribution in [2.24, 2.45) is 4.36 Å². The van der Waals surface area contributed by atoms with Gasteiger partial charge in [-0.05, 0) is 30.3 Å². The van der Waals surface area contributed by atoms with Gasteiger partial charge in [0.05, 0.1) is 20.9 Å². The first-order valence-electron chi connectivity index (χ1n) is 8.09. The van der Waals surface area contributed by atoms with Crippen LogP contribution in [-0.2, 0) is 9.73 Å². The zero-order chi connectivity index (χ0) is 20.1. The molecule has 2 aromatic carbocycles. The van der Waals surface area contributed by atoms with Crippen LogP contribution in [0.4, 0.5) is 8.78 Å². The number of pyridine rings is 1. The van der Waals surface area contributed by atoms with E-state index in [0.29, 0.717) is 10.5 Å². The number of benzene rings is 2. The molecule has 0 bridgehead atoms. The fourth-order valence-corrected chi connectivity index (χ4v) is 3.48. The minimum absolute atomic E-state index is 0.0171. The van der Waals surface area contributed by atoms with Gasteiger partial charge in [0.2, 0.25) is 0 Å². The molecular formula is C21H14F2N2O2S. The van der Waals surface area contributed by atoms with E-state index in [1.165, 1.54) is 30.8 Å². The van der Waals surface area contributed by atoms with E-state index in [9.17, 15) is 17.8 Å². The van der Waals surface area contributed by atoms with Crippen molar-refractivity contribution in [3.8, 4) is 11.8 Å². The maximum Gasteiger partial charge on any atom is 0.286 e. The molecule has 1 atom stereocenters. The molecule has 140 valence electrons. The van der Waals surface area contributed by atoms with Crippen LogP contribution in [0.15, 0.2) is 76.2 Å². The van der Waals surface area contributed by atoms with Gasteiger partial charge in [0.15, 0.2) is 0 Å². The van der Waals surface area contributed by atoms with Gasteiger partial charge in [-0.15, -0.1) is 0 Å². The van der Waals surface area contributed by atoms with E-state index in [2.05, 4.69) is 21.2 Å². The number of hydrogen-bond donors (Lipinski definition) is 0. The van der Waals surface area contributed by atoms with Gasteiger partial charge in [-0.3, -0.25) is 9.78 Å². The lowest BCUT2D eigenvalue weighted by Crippen LogP contribution is -2.04. The van der Waals surface area contributed by atoms with Crippen LogP contribution in [0, 0.1) is 23.5 Å². The Kier molecular flexibility index (Phi) is 5.62. The lowest BCUT2D eigenvalue weighted by atomic mass is 10.1. The van der Waals surface area contributed by atoms with E-state index >= 15 is 0 Å². The molecular weight excluding hydrogens is 382 g/mol. The molecule has 1 aromatic heterocycles. The molecule has 1 unspecified atom stereocenters. The van der Waals surface area contributed by atoms with Gasteiger partial charge < -0.3 is 0 Å². The van der Waals surface area contributed by atoms with Gasteiger partial charge in [-0.1, -0.05) is 30.0 Å². The first-order chi connectivity index (χ1) is 13.3. The Balaban J connectivity index is 1.90. The van der Waals surface area contributed by atoms with Crippen molar-refractivity contribution in [3.63, 3.8) is 0 Å². The third kappa shape index (κ3) is 4.67. The predicted molar refractivity (Wildman–Crippen MR) is 102 cm³/mol. The molecule has 0 saturated carbocycles. The normalized spacial score (nSPS) is 12.4. The van der Waals surface area contributed by atoms with Gasteiger partial charge in [-0.2, -0.15) is 4.36 Å². The summed E-state index contributed by atoms with van der Waals surface area (Å²) < 4.78 is 43.1. The Morgan fingerprint density at radius 1 is 1.04 bits per heavy atom. The van der Waals surface area contributed by atoms with Crippen molar-refractivity contribution in [1.82, 2.24) is 4.98 Å². The lowest BCUT2D eigenvalue weighted by molar-refractivity contribution is 0.100. The second kappa shape index (κ2) is 8.11. The summed E-state index contributed by atoms with van der Waals surface area (Å²) in [7, 11) is -2.91. The molecule has 3 rings (SSSR count). The van der Waals surface area contributed by atoms with Crippen LogP contribution >= 0.6 is 0 Å². The summed E-state index contributed by atoms with van der Waals surface area (Å²) in [5.74, 6) is 3.07. The molecule has 3 aromatic rings. The summed E-state index contributed by atoms with van der Waals surface area (Å²) in [6.07, 6.45) is 4.07. The summed E-state index contributed by atoms with van der Waals surface area (Å²) in [6.45, 7) is 0. The highest BCUT2D eigenvalue weighted by Gasteiger charge is 2.11. The predicted octanol–water partition coefficient (Wildman–Crippen LogP) is 4.06. The van der Waals surface area contributed by atoms with Crippen molar-refractivity contribution >= 4 is 15.6 Å². The molecule has 0 radical (unpaired) electrons. The summed E-state index contributed by atoms with van der Waals surface area (Å²) in [4.78, 5) is 16.8. The SMILES string of the molecule is CS(=O)(=NC(=O)c1cncc(C#Cc2ccc(F)cc2F)c1)c1ccccc1. The van der Waals surface area contributed by atoms with Crippen LogP contribution in [0.2, 0.25) is 0 Å². The van der Waals surface area contributed by atoms with E-state index in [1.54, 1.807) is 30.3 Å². The van der Waals surface area contributed by atoms with E-state index in [0.717, 1.165) is 12.1 Å². The summed E-state index contributed by atoms with van der Waals surface area (Å²) >= 11 is 0. The van der Waals surface area contributed by atoms with E-state index in [4.69, 9.17) is 0 Å². The van der Waals surface area contributed by atoms with E-state index in [-0.39, 0.29) is 11.1 Å². The highest BCUT2D eigenvalue weighted by Crippen LogP contribution is 2.13. The van der Waals surface area contributed by atoms with E-state index in [1.807, 2.05) is 0 Å². The first kappa shape index (κ1) is 19.4. The Hall–Kier alpha value is -3.37. The number of hydrogen-bond acceptors (Lipinski definition) is 3. The van der Waals surface area contributed by atoms with Crippen LogP contribution in [-0.4, -0.2) is 21.4 Å². The molecule has 1 heterocycles. The minimum Gasteiger partial charge on any atom is -0.266 e.